The number of fused-ring (bicyclic) bond motifs is 3. The Morgan fingerprint density at radius 3 is 1.59 bits per heavy atom. The summed E-state index contributed by atoms with van der Waals surface area (Å²) in [6.07, 6.45) is 0.282. The number of rotatable bonds is 0. The topological polar surface area (TPSA) is 12.5 Å². The van der Waals surface area contributed by atoms with Crippen molar-refractivity contribution in [3.8, 4) is 11.1 Å². The minimum absolute atomic E-state index is 0.282. The zero-order chi connectivity index (χ0) is 11.4. The molecule has 2 aromatic carbocycles. The van der Waals surface area contributed by atoms with Gasteiger partial charge in [-0.05, 0) is 29.2 Å². The lowest BCUT2D eigenvalue weighted by molar-refractivity contribution is 0.446. The zero-order valence-corrected chi connectivity index (χ0v) is 9.60. The Morgan fingerprint density at radius 1 is 0.765 bits per heavy atom. The van der Waals surface area contributed by atoms with Crippen LogP contribution in [0.4, 0.5) is 0 Å². The molecule has 1 nitrogen and oxygen atoms in total. The van der Waals surface area contributed by atoms with Crippen molar-refractivity contribution in [3.05, 3.63) is 65.4 Å². The Labute approximate surface area is 100 Å². The van der Waals surface area contributed by atoms with Crippen molar-refractivity contribution >= 4 is 5.57 Å². The van der Waals surface area contributed by atoms with E-state index in [0.29, 0.717) is 0 Å². The molecule has 1 fully saturated rings. The fourth-order valence-corrected chi connectivity index (χ4v) is 2.70. The van der Waals surface area contributed by atoms with Crippen LogP contribution in [-0.4, -0.2) is 6.10 Å². The molecule has 0 N–H and O–H groups in total. The van der Waals surface area contributed by atoms with Gasteiger partial charge in [-0.1, -0.05) is 48.5 Å². The summed E-state index contributed by atoms with van der Waals surface area (Å²) in [5, 5.41) is 0. The van der Waals surface area contributed by atoms with E-state index in [1.165, 1.54) is 27.8 Å². The summed E-state index contributed by atoms with van der Waals surface area (Å²) >= 11 is 0. The number of benzene rings is 2. The van der Waals surface area contributed by atoms with Crippen molar-refractivity contribution in [2.75, 3.05) is 0 Å². The quantitative estimate of drug-likeness (QED) is 0.524. The normalized spacial score (nSPS) is 19.7. The van der Waals surface area contributed by atoms with E-state index in [1.807, 2.05) is 0 Å². The highest BCUT2D eigenvalue weighted by molar-refractivity contribution is 6.02. The second-order valence-electron chi connectivity index (χ2n) is 4.59. The maximum Gasteiger partial charge on any atom is 0.153 e. The van der Waals surface area contributed by atoms with Gasteiger partial charge in [0.25, 0.3) is 0 Å². The molecule has 0 spiro atoms. The monoisotopic (exact) mass is 220 g/mol. The van der Waals surface area contributed by atoms with E-state index in [4.69, 9.17) is 4.74 Å². The van der Waals surface area contributed by atoms with Crippen LogP contribution in [0.15, 0.2) is 54.3 Å². The minimum Gasteiger partial charge on any atom is -0.483 e. The SMILES string of the molecule is CC1OC1=C1c2ccccc2-c2ccccc21. The van der Waals surface area contributed by atoms with E-state index in [1.54, 1.807) is 0 Å². The van der Waals surface area contributed by atoms with Crippen LogP contribution in [0.5, 0.6) is 0 Å². The largest absolute Gasteiger partial charge is 0.483 e. The average Bonchev–Trinajstić information content (AvgIpc) is 2.99. The van der Waals surface area contributed by atoms with Gasteiger partial charge >= 0.3 is 0 Å². The van der Waals surface area contributed by atoms with E-state index >= 15 is 0 Å². The van der Waals surface area contributed by atoms with Crippen molar-refractivity contribution in [1.82, 2.24) is 0 Å². The molecule has 1 heteroatoms. The molecule has 4 rings (SSSR count). The summed E-state index contributed by atoms with van der Waals surface area (Å²) in [7, 11) is 0. The predicted molar refractivity (Wildman–Crippen MR) is 68.4 cm³/mol. The Kier molecular flexibility index (Phi) is 1.60. The van der Waals surface area contributed by atoms with Crippen LogP contribution in [0.2, 0.25) is 0 Å². The van der Waals surface area contributed by atoms with Gasteiger partial charge in [-0.3, -0.25) is 0 Å². The molecule has 17 heavy (non-hydrogen) atoms. The molecule has 1 saturated heterocycles. The van der Waals surface area contributed by atoms with Crippen molar-refractivity contribution in [3.63, 3.8) is 0 Å². The van der Waals surface area contributed by atoms with Crippen LogP contribution >= 0.6 is 0 Å². The van der Waals surface area contributed by atoms with E-state index in [2.05, 4.69) is 55.5 Å². The molecule has 0 radical (unpaired) electrons. The number of hydrogen-bond donors (Lipinski definition) is 0. The van der Waals surface area contributed by atoms with Gasteiger partial charge in [0.1, 0.15) is 5.76 Å². The lowest BCUT2D eigenvalue weighted by atomic mass is 10.0. The number of ether oxygens (including phenoxy) is 1. The molecule has 0 saturated carbocycles. The molecular formula is C16H12O. The van der Waals surface area contributed by atoms with Gasteiger partial charge in [-0.15, -0.1) is 0 Å². The molecule has 2 aliphatic rings. The average molecular weight is 220 g/mol. The minimum atomic E-state index is 0.282. The Morgan fingerprint density at radius 2 is 1.18 bits per heavy atom. The maximum atomic E-state index is 5.59. The first kappa shape index (κ1) is 9.06. The molecule has 2 aromatic rings. The molecule has 0 amide bonds. The van der Waals surface area contributed by atoms with E-state index in [9.17, 15) is 0 Å². The molecule has 1 atom stereocenters. The summed E-state index contributed by atoms with van der Waals surface area (Å²) in [5.74, 6) is 1.14. The second-order valence-corrected chi connectivity index (χ2v) is 4.59. The lowest BCUT2D eigenvalue weighted by Gasteiger charge is -1.98. The van der Waals surface area contributed by atoms with E-state index in [-0.39, 0.29) is 6.10 Å². The van der Waals surface area contributed by atoms with Crippen LogP contribution in [0.25, 0.3) is 16.7 Å². The molecule has 0 bridgehead atoms. The first-order valence-electron chi connectivity index (χ1n) is 5.96. The van der Waals surface area contributed by atoms with Crippen LogP contribution in [0.1, 0.15) is 18.1 Å². The van der Waals surface area contributed by atoms with Crippen molar-refractivity contribution in [2.45, 2.75) is 13.0 Å². The fourth-order valence-electron chi connectivity index (χ4n) is 2.70. The van der Waals surface area contributed by atoms with Crippen LogP contribution < -0.4 is 0 Å². The smallest absolute Gasteiger partial charge is 0.153 e. The second kappa shape index (κ2) is 3.01. The first-order valence-corrected chi connectivity index (χ1v) is 5.96. The van der Waals surface area contributed by atoms with Crippen LogP contribution in [-0.2, 0) is 4.74 Å². The van der Waals surface area contributed by atoms with Gasteiger partial charge in [-0.2, -0.15) is 0 Å². The molecule has 1 heterocycles. The fraction of sp³-hybridized carbons (Fsp3) is 0.125. The molecule has 0 aromatic heterocycles. The Bertz CT molecular complexity index is 605. The summed E-state index contributed by atoms with van der Waals surface area (Å²) in [6, 6.07) is 17.1. The molecule has 1 aliphatic carbocycles. The van der Waals surface area contributed by atoms with Crippen molar-refractivity contribution in [2.24, 2.45) is 0 Å². The Balaban J connectivity index is 2.11. The third kappa shape index (κ3) is 1.14. The highest BCUT2D eigenvalue weighted by atomic mass is 16.6. The first-order chi connectivity index (χ1) is 8.36. The van der Waals surface area contributed by atoms with Gasteiger partial charge < -0.3 is 4.74 Å². The Hall–Kier alpha value is -2.02. The lowest BCUT2D eigenvalue weighted by Crippen LogP contribution is -1.82. The van der Waals surface area contributed by atoms with Gasteiger partial charge in [0, 0.05) is 5.57 Å². The van der Waals surface area contributed by atoms with Crippen LogP contribution in [0.3, 0.4) is 0 Å². The highest BCUT2D eigenvalue weighted by Crippen LogP contribution is 2.49. The third-order valence-electron chi connectivity index (χ3n) is 3.55. The van der Waals surface area contributed by atoms with Crippen molar-refractivity contribution < 1.29 is 4.74 Å². The molecule has 1 aliphatic heterocycles. The van der Waals surface area contributed by atoms with Crippen molar-refractivity contribution in [1.29, 1.82) is 0 Å². The summed E-state index contributed by atoms with van der Waals surface area (Å²) in [4.78, 5) is 0. The van der Waals surface area contributed by atoms with E-state index in [0.717, 1.165) is 5.76 Å². The van der Waals surface area contributed by atoms with Gasteiger partial charge in [0.2, 0.25) is 0 Å². The van der Waals surface area contributed by atoms with Gasteiger partial charge in [-0.25, -0.2) is 0 Å². The molecular weight excluding hydrogens is 208 g/mol. The van der Waals surface area contributed by atoms with Gasteiger partial charge in [0.15, 0.2) is 6.10 Å². The highest BCUT2D eigenvalue weighted by Gasteiger charge is 2.36. The molecule has 1 unspecified atom stereocenters. The molecule has 82 valence electrons. The standard InChI is InChI=1S/C16H12O/c1-10-16(17-10)15-13-8-4-2-6-11(13)12-7-3-5-9-14(12)15/h2-10H,1H3. The maximum absolute atomic E-state index is 5.59. The summed E-state index contributed by atoms with van der Waals surface area (Å²) in [5.41, 5.74) is 6.58. The summed E-state index contributed by atoms with van der Waals surface area (Å²) in [6.45, 7) is 2.10. The number of hydrogen-bond acceptors (Lipinski definition) is 1. The zero-order valence-electron chi connectivity index (χ0n) is 9.60. The summed E-state index contributed by atoms with van der Waals surface area (Å²) < 4.78 is 5.59. The van der Waals surface area contributed by atoms with E-state index < -0.39 is 0 Å². The third-order valence-corrected chi connectivity index (χ3v) is 3.55. The van der Waals surface area contributed by atoms with Crippen LogP contribution in [0, 0.1) is 0 Å². The van der Waals surface area contributed by atoms with Gasteiger partial charge in [0.05, 0.1) is 0 Å². The predicted octanol–water partition coefficient (Wildman–Crippen LogP) is 3.85. The number of epoxide rings is 1.